The molecule has 0 aromatic carbocycles. The van der Waals surface area contributed by atoms with Gasteiger partial charge in [0.05, 0.1) is 11.6 Å². The fraction of sp³-hybridized carbons (Fsp3) is 0.409. The van der Waals surface area contributed by atoms with Crippen LogP contribution in [-0.2, 0) is 0 Å². The van der Waals surface area contributed by atoms with Crippen molar-refractivity contribution in [2.45, 2.75) is 97.9 Å². The van der Waals surface area contributed by atoms with Crippen LogP contribution in [-0.4, -0.2) is 37.5 Å². The third kappa shape index (κ3) is 10.1. The van der Waals surface area contributed by atoms with Gasteiger partial charge in [0.25, 0.3) is 0 Å². The maximum absolute atomic E-state index is 5.46. The smallest absolute Gasteiger partial charge is 0.235 e. The van der Waals surface area contributed by atoms with Gasteiger partial charge < -0.3 is 9.80 Å². The quantitative estimate of drug-likeness (QED) is 0.203. The van der Waals surface area contributed by atoms with Crippen LogP contribution >= 0.6 is 0 Å². The molecule has 3 atom stereocenters. The van der Waals surface area contributed by atoms with Gasteiger partial charge in [-0.05, 0) is 100 Å². The second kappa shape index (κ2) is 19.5. The van der Waals surface area contributed by atoms with Crippen LogP contribution in [0.25, 0.3) is 11.4 Å². The zero-order valence-corrected chi connectivity index (χ0v) is 31.1. The summed E-state index contributed by atoms with van der Waals surface area (Å²) in [5.41, 5.74) is 9.28. The molecule has 5 rings (SSSR count). The normalized spacial score (nSPS) is 27.2. The van der Waals surface area contributed by atoms with E-state index in [0.29, 0.717) is 30.2 Å². The molecule has 7 nitrogen and oxygen atoms in total. The molecule has 0 spiro atoms. The van der Waals surface area contributed by atoms with E-state index in [1.165, 1.54) is 16.8 Å². The van der Waals surface area contributed by atoms with Gasteiger partial charge in [-0.1, -0.05) is 88.0 Å². The Morgan fingerprint density at radius 1 is 0.922 bits per heavy atom. The Hall–Kier alpha value is -4.87. The fourth-order valence-electron chi connectivity index (χ4n) is 6.90. The Balaban J connectivity index is 1.81. The van der Waals surface area contributed by atoms with Gasteiger partial charge in [-0.15, -0.1) is 12.3 Å². The number of unbranched alkanes of at least 4 members (excludes halogenated alkanes) is 1. The zero-order valence-electron chi connectivity index (χ0n) is 31.1. The van der Waals surface area contributed by atoms with Crippen molar-refractivity contribution in [2.24, 2.45) is 11.8 Å². The topological polar surface area (TPSA) is 70.9 Å². The third-order valence-corrected chi connectivity index (χ3v) is 9.72. The molecule has 3 aliphatic rings. The highest BCUT2D eigenvalue weighted by Crippen LogP contribution is 2.36. The standard InChI is InChI=1S/C44H55N7/c1-6-8-28-41-38(23-7-2)34(3)24-17-11-9-13-19-26-36(5)51(41)44-48-42(37-31-45-33-46-32-37)47-43(49-44)50-30-22-16-10-12-18-25-35(4)39-27-20-14-15-21-29-40(39)50/h7,9-12,14,16,19-21,25-26,29,31-36H,2,6,8,13,15,17,22-24,27-28,30H2,1,3-5H3/b11-9?,16-10-,20-14-,26-19-,29-21-,40-39-,41-38-. The molecule has 0 N–H and O–H groups in total. The number of aromatic nitrogens is 5. The van der Waals surface area contributed by atoms with Crippen LogP contribution in [0.15, 0.2) is 133 Å². The number of anilines is 2. The van der Waals surface area contributed by atoms with Gasteiger partial charge in [-0.3, -0.25) is 0 Å². The average Bonchev–Trinajstić information content (AvgIpc) is 3.16. The molecular formula is C44H55N7. The Morgan fingerprint density at radius 2 is 1.73 bits per heavy atom. The van der Waals surface area contributed by atoms with E-state index in [0.717, 1.165) is 75.5 Å². The van der Waals surface area contributed by atoms with E-state index in [4.69, 9.17) is 15.0 Å². The SMILES string of the molecule is C=CC/C1=C(\CCCC)N(c2nc(-c3cncnc3)nc(N3CC/C=C\C=C=CC(C)/C4=C3/C=C\C/C=C\C4)n2)C(C)/C=C\CC=CCCC1C. The summed E-state index contributed by atoms with van der Waals surface area (Å²) in [4.78, 5) is 29.4. The molecule has 4 heterocycles. The largest absolute Gasteiger partial charge is 0.310 e. The highest BCUT2D eigenvalue weighted by atomic mass is 15.4. The third-order valence-electron chi connectivity index (χ3n) is 9.72. The molecule has 0 radical (unpaired) electrons. The van der Waals surface area contributed by atoms with Crippen LogP contribution in [0.1, 0.15) is 91.9 Å². The lowest BCUT2D eigenvalue weighted by Crippen LogP contribution is -2.36. The highest BCUT2D eigenvalue weighted by Gasteiger charge is 2.28. The molecule has 7 heteroatoms. The fourth-order valence-corrected chi connectivity index (χ4v) is 6.90. The van der Waals surface area contributed by atoms with Gasteiger partial charge in [-0.2, -0.15) is 15.0 Å². The van der Waals surface area contributed by atoms with E-state index in [1.54, 1.807) is 18.7 Å². The minimum atomic E-state index is -0.00486. The number of allylic oxidation sites excluding steroid dienone is 13. The molecule has 0 fully saturated rings. The Labute approximate surface area is 306 Å². The molecule has 266 valence electrons. The van der Waals surface area contributed by atoms with Crippen molar-refractivity contribution in [1.82, 2.24) is 24.9 Å². The second-order valence-corrected chi connectivity index (χ2v) is 13.6. The van der Waals surface area contributed by atoms with Crippen molar-refractivity contribution in [1.29, 1.82) is 0 Å². The summed E-state index contributed by atoms with van der Waals surface area (Å²) in [5.74, 6) is 2.37. The predicted molar refractivity (Wildman–Crippen MR) is 213 cm³/mol. The molecule has 0 saturated heterocycles. The first-order valence-electron chi connectivity index (χ1n) is 18.9. The molecule has 0 amide bonds. The highest BCUT2D eigenvalue weighted by molar-refractivity contribution is 5.61. The van der Waals surface area contributed by atoms with E-state index < -0.39 is 0 Å². The van der Waals surface area contributed by atoms with Gasteiger partial charge >= 0.3 is 0 Å². The number of hydrogen-bond acceptors (Lipinski definition) is 7. The van der Waals surface area contributed by atoms with Crippen LogP contribution in [0.2, 0.25) is 0 Å². The van der Waals surface area contributed by atoms with E-state index in [2.05, 4.69) is 133 Å². The maximum Gasteiger partial charge on any atom is 0.235 e. The molecule has 1 aliphatic carbocycles. The average molecular weight is 682 g/mol. The summed E-state index contributed by atoms with van der Waals surface area (Å²) in [6, 6.07) is -0.00486. The number of hydrogen-bond donors (Lipinski definition) is 0. The van der Waals surface area contributed by atoms with Crippen molar-refractivity contribution in [3.63, 3.8) is 0 Å². The lowest BCUT2D eigenvalue weighted by Gasteiger charge is -2.35. The van der Waals surface area contributed by atoms with E-state index in [1.807, 2.05) is 6.08 Å². The van der Waals surface area contributed by atoms with Crippen molar-refractivity contribution >= 4 is 11.9 Å². The summed E-state index contributed by atoms with van der Waals surface area (Å²) >= 11 is 0. The molecule has 2 aromatic rings. The maximum atomic E-state index is 5.46. The van der Waals surface area contributed by atoms with Crippen LogP contribution in [0.4, 0.5) is 11.9 Å². The van der Waals surface area contributed by atoms with Gasteiger partial charge in [-0.25, -0.2) is 9.97 Å². The monoisotopic (exact) mass is 681 g/mol. The molecular weight excluding hydrogens is 627 g/mol. The zero-order chi connectivity index (χ0) is 35.8. The van der Waals surface area contributed by atoms with Gasteiger partial charge in [0.15, 0.2) is 5.82 Å². The first kappa shape index (κ1) is 37.4. The van der Waals surface area contributed by atoms with Gasteiger partial charge in [0, 0.05) is 36.3 Å². The summed E-state index contributed by atoms with van der Waals surface area (Å²) in [6.07, 6.45) is 43.3. The first-order valence-corrected chi connectivity index (χ1v) is 18.9. The lowest BCUT2D eigenvalue weighted by atomic mass is 9.89. The minimum absolute atomic E-state index is 0.00486. The van der Waals surface area contributed by atoms with Crippen molar-refractivity contribution in [3.05, 3.63) is 133 Å². The Morgan fingerprint density at radius 3 is 2.55 bits per heavy atom. The molecule has 51 heavy (non-hydrogen) atoms. The minimum Gasteiger partial charge on any atom is -0.310 e. The molecule has 2 aromatic heterocycles. The van der Waals surface area contributed by atoms with Crippen LogP contribution in [0.3, 0.4) is 0 Å². The number of nitrogens with zero attached hydrogens (tertiary/aromatic N) is 7. The van der Waals surface area contributed by atoms with Crippen molar-refractivity contribution < 1.29 is 0 Å². The lowest BCUT2D eigenvalue weighted by molar-refractivity contribution is 0.581. The van der Waals surface area contributed by atoms with Crippen LogP contribution in [0.5, 0.6) is 0 Å². The van der Waals surface area contributed by atoms with Crippen molar-refractivity contribution in [2.75, 3.05) is 16.3 Å². The summed E-state index contributed by atoms with van der Waals surface area (Å²) in [6.45, 7) is 14.0. The number of rotatable bonds is 8. The van der Waals surface area contributed by atoms with Crippen LogP contribution in [0, 0.1) is 11.8 Å². The second-order valence-electron chi connectivity index (χ2n) is 13.6. The first-order chi connectivity index (χ1) is 25.0. The van der Waals surface area contributed by atoms with Crippen molar-refractivity contribution in [3.8, 4) is 11.4 Å². The van der Waals surface area contributed by atoms with E-state index in [9.17, 15) is 0 Å². The summed E-state index contributed by atoms with van der Waals surface area (Å²) in [5, 5.41) is 0. The Bertz CT molecular complexity index is 1750. The van der Waals surface area contributed by atoms with E-state index in [-0.39, 0.29) is 12.0 Å². The molecule has 2 aliphatic heterocycles. The van der Waals surface area contributed by atoms with Gasteiger partial charge in [0.2, 0.25) is 11.9 Å². The molecule has 0 bridgehead atoms. The molecule has 0 saturated carbocycles. The molecule has 3 unspecified atom stereocenters. The van der Waals surface area contributed by atoms with Crippen LogP contribution < -0.4 is 9.80 Å². The summed E-state index contributed by atoms with van der Waals surface area (Å²) < 4.78 is 0. The van der Waals surface area contributed by atoms with E-state index >= 15 is 0 Å². The Kier molecular flexibility index (Phi) is 14.3. The summed E-state index contributed by atoms with van der Waals surface area (Å²) in [7, 11) is 0. The predicted octanol–water partition coefficient (Wildman–Crippen LogP) is 10.8. The van der Waals surface area contributed by atoms with Gasteiger partial charge in [0.1, 0.15) is 6.33 Å².